The van der Waals surface area contributed by atoms with E-state index in [4.69, 9.17) is 0 Å². The lowest BCUT2D eigenvalue weighted by Crippen LogP contribution is -2.11. The van der Waals surface area contributed by atoms with Crippen LogP contribution >= 0.6 is 0 Å². The first-order valence-electron chi connectivity index (χ1n) is 5.55. The van der Waals surface area contributed by atoms with Crippen LogP contribution < -0.4 is 5.32 Å². The maximum atomic E-state index is 12.8. The predicted molar refractivity (Wildman–Crippen MR) is 57.3 cm³/mol. The van der Waals surface area contributed by atoms with Crippen molar-refractivity contribution >= 4 is 0 Å². The van der Waals surface area contributed by atoms with Gasteiger partial charge in [0.25, 0.3) is 6.43 Å². The average molecular weight is 232 g/mol. The third kappa shape index (κ3) is 3.23. The Morgan fingerprint density at radius 3 is 2.69 bits per heavy atom. The Bertz CT molecular complexity index is 312. The van der Waals surface area contributed by atoms with Crippen LogP contribution in [-0.4, -0.2) is 22.0 Å². The highest BCUT2D eigenvalue weighted by Crippen LogP contribution is 2.21. The van der Waals surface area contributed by atoms with Gasteiger partial charge < -0.3 is 5.32 Å². The fourth-order valence-electron chi connectivity index (χ4n) is 1.57. The number of halogens is 2. The van der Waals surface area contributed by atoms with Crippen LogP contribution in [0.25, 0.3) is 0 Å². The lowest BCUT2D eigenvalue weighted by Gasteiger charge is -2.06. The van der Waals surface area contributed by atoms with Crippen LogP contribution in [0.5, 0.6) is 0 Å². The van der Waals surface area contributed by atoms with Crippen molar-refractivity contribution in [2.45, 2.75) is 45.7 Å². The van der Waals surface area contributed by atoms with Crippen molar-refractivity contribution in [2.75, 3.05) is 7.05 Å². The predicted octanol–water partition coefficient (Wildman–Crippen LogP) is 2.13. The van der Waals surface area contributed by atoms with Gasteiger partial charge in [-0.15, -0.1) is 5.10 Å². The molecule has 0 aromatic carbocycles. The van der Waals surface area contributed by atoms with Gasteiger partial charge in [0, 0.05) is 13.1 Å². The van der Waals surface area contributed by atoms with Gasteiger partial charge in [0.15, 0.2) is 0 Å². The van der Waals surface area contributed by atoms with E-state index in [1.165, 1.54) is 4.68 Å². The van der Waals surface area contributed by atoms with Gasteiger partial charge in [0.05, 0.1) is 0 Å². The minimum Gasteiger partial charge on any atom is -0.314 e. The molecular weight excluding hydrogens is 214 g/mol. The Balaban J connectivity index is 2.74. The first kappa shape index (κ1) is 13.0. The van der Waals surface area contributed by atoms with Crippen LogP contribution in [0.3, 0.4) is 0 Å². The molecule has 0 unspecified atom stereocenters. The highest BCUT2D eigenvalue weighted by atomic mass is 19.3. The van der Waals surface area contributed by atoms with Crippen LogP contribution in [0.2, 0.25) is 0 Å². The Morgan fingerprint density at radius 1 is 1.38 bits per heavy atom. The molecule has 0 amide bonds. The molecule has 0 saturated heterocycles. The molecule has 0 aliphatic rings. The normalized spacial score (nSPS) is 11.3. The van der Waals surface area contributed by atoms with E-state index in [9.17, 15) is 8.78 Å². The van der Waals surface area contributed by atoms with E-state index in [1.807, 2.05) is 0 Å². The fourth-order valence-corrected chi connectivity index (χ4v) is 1.57. The Kier molecular flexibility index (Phi) is 5.31. The second-order valence-electron chi connectivity index (χ2n) is 3.68. The number of unbranched alkanes of at least 4 members (excludes halogenated alkanes) is 2. The van der Waals surface area contributed by atoms with Gasteiger partial charge in [-0.1, -0.05) is 25.0 Å². The topological polar surface area (TPSA) is 42.7 Å². The van der Waals surface area contributed by atoms with Gasteiger partial charge in [0.2, 0.25) is 0 Å². The smallest absolute Gasteiger partial charge is 0.281 e. The monoisotopic (exact) mass is 232 g/mol. The van der Waals surface area contributed by atoms with Crippen LogP contribution in [0, 0.1) is 0 Å². The molecular formula is C10H18F2N4. The van der Waals surface area contributed by atoms with E-state index in [2.05, 4.69) is 22.6 Å². The van der Waals surface area contributed by atoms with Crippen molar-refractivity contribution in [1.82, 2.24) is 20.3 Å². The standard InChI is InChI=1S/C10H18F2N4/c1-3-4-5-6-16-9(10(11)12)8(7-13-2)14-15-16/h10,13H,3-7H2,1-2H3. The summed E-state index contributed by atoms with van der Waals surface area (Å²) in [5.41, 5.74) is 0.291. The number of nitrogens with one attached hydrogen (secondary N) is 1. The van der Waals surface area contributed by atoms with Gasteiger partial charge in [-0.3, -0.25) is 0 Å². The van der Waals surface area contributed by atoms with E-state index in [1.54, 1.807) is 7.05 Å². The molecule has 0 aliphatic heterocycles. The van der Waals surface area contributed by atoms with Gasteiger partial charge in [0.1, 0.15) is 11.4 Å². The third-order valence-corrected chi connectivity index (χ3v) is 2.37. The zero-order valence-electron chi connectivity index (χ0n) is 9.71. The molecule has 0 fully saturated rings. The Labute approximate surface area is 94.0 Å². The summed E-state index contributed by atoms with van der Waals surface area (Å²) in [7, 11) is 1.70. The Morgan fingerprint density at radius 2 is 2.12 bits per heavy atom. The summed E-state index contributed by atoms with van der Waals surface area (Å²) < 4.78 is 27.0. The summed E-state index contributed by atoms with van der Waals surface area (Å²) in [4.78, 5) is 0. The maximum absolute atomic E-state index is 12.8. The summed E-state index contributed by atoms with van der Waals surface area (Å²) in [6.07, 6.45) is 0.421. The van der Waals surface area contributed by atoms with Crippen molar-refractivity contribution in [3.63, 3.8) is 0 Å². The summed E-state index contributed by atoms with van der Waals surface area (Å²) in [6, 6.07) is 0. The van der Waals surface area contributed by atoms with Crippen LogP contribution in [0.4, 0.5) is 8.78 Å². The SMILES string of the molecule is CCCCCn1nnc(CNC)c1C(F)F. The summed E-state index contributed by atoms with van der Waals surface area (Å²) >= 11 is 0. The molecule has 0 spiro atoms. The van der Waals surface area contributed by atoms with Crippen LogP contribution in [-0.2, 0) is 13.1 Å². The summed E-state index contributed by atoms with van der Waals surface area (Å²) in [5.74, 6) is 0. The third-order valence-electron chi connectivity index (χ3n) is 2.37. The summed E-state index contributed by atoms with van der Waals surface area (Å²) in [5, 5.41) is 10.4. The highest BCUT2D eigenvalue weighted by molar-refractivity contribution is 5.11. The number of aryl methyl sites for hydroxylation is 1. The molecule has 0 radical (unpaired) electrons. The molecule has 16 heavy (non-hydrogen) atoms. The van der Waals surface area contributed by atoms with E-state index in [0.29, 0.717) is 18.8 Å². The molecule has 1 rings (SSSR count). The number of hydrogen-bond donors (Lipinski definition) is 1. The van der Waals surface area contributed by atoms with Gasteiger partial charge in [-0.2, -0.15) is 0 Å². The first-order valence-corrected chi connectivity index (χ1v) is 5.55. The maximum Gasteiger partial charge on any atom is 0.281 e. The number of alkyl halides is 2. The van der Waals surface area contributed by atoms with Gasteiger partial charge >= 0.3 is 0 Å². The van der Waals surface area contributed by atoms with Crippen molar-refractivity contribution in [1.29, 1.82) is 0 Å². The van der Waals surface area contributed by atoms with Crippen molar-refractivity contribution < 1.29 is 8.78 Å². The number of rotatable bonds is 7. The molecule has 1 N–H and O–H groups in total. The average Bonchev–Trinajstić information content (AvgIpc) is 2.62. The number of nitrogens with zero attached hydrogens (tertiary/aromatic N) is 3. The lowest BCUT2D eigenvalue weighted by atomic mass is 10.2. The highest BCUT2D eigenvalue weighted by Gasteiger charge is 2.20. The van der Waals surface area contributed by atoms with Crippen LogP contribution in [0.15, 0.2) is 0 Å². The molecule has 1 heterocycles. The largest absolute Gasteiger partial charge is 0.314 e. The number of hydrogen-bond acceptors (Lipinski definition) is 3. The molecule has 92 valence electrons. The fraction of sp³-hybridized carbons (Fsp3) is 0.800. The second kappa shape index (κ2) is 6.52. The minimum atomic E-state index is -2.51. The van der Waals surface area contributed by atoms with E-state index < -0.39 is 6.43 Å². The molecule has 0 atom stereocenters. The van der Waals surface area contributed by atoms with Gasteiger partial charge in [-0.05, 0) is 13.5 Å². The lowest BCUT2D eigenvalue weighted by molar-refractivity contribution is 0.137. The Hall–Kier alpha value is -1.04. The molecule has 4 nitrogen and oxygen atoms in total. The van der Waals surface area contributed by atoms with Crippen molar-refractivity contribution in [3.05, 3.63) is 11.4 Å². The molecule has 0 saturated carbocycles. The summed E-state index contributed by atoms with van der Waals surface area (Å²) in [6.45, 7) is 2.92. The quantitative estimate of drug-likeness (QED) is 0.732. The van der Waals surface area contributed by atoms with Crippen molar-refractivity contribution in [2.24, 2.45) is 0 Å². The minimum absolute atomic E-state index is 0.0505. The zero-order valence-corrected chi connectivity index (χ0v) is 9.71. The molecule has 0 bridgehead atoms. The molecule has 1 aromatic heterocycles. The van der Waals surface area contributed by atoms with E-state index in [-0.39, 0.29) is 5.69 Å². The first-order chi connectivity index (χ1) is 7.70. The second-order valence-corrected chi connectivity index (χ2v) is 3.68. The molecule has 6 heteroatoms. The van der Waals surface area contributed by atoms with E-state index in [0.717, 1.165) is 19.3 Å². The van der Waals surface area contributed by atoms with Crippen LogP contribution in [0.1, 0.15) is 44.0 Å². The van der Waals surface area contributed by atoms with Crippen molar-refractivity contribution in [3.8, 4) is 0 Å². The molecule has 1 aromatic rings. The molecule has 0 aliphatic carbocycles. The zero-order chi connectivity index (χ0) is 12.0. The van der Waals surface area contributed by atoms with Gasteiger partial charge in [-0.25, -0.2) is 13.5 Å². The number of aromatic nitrogens is 3. The van der Waals surface area contributed by atoms with E-state index >= 15 is 0 Å².